The van der Waals surface area contributed by atoms with Crippen molar-refractivity contribution in [1.82, 2.24) is 20.4 Å². The van der Waals surface area contributed by atoms with E-state index >= 15 is 0 Å². The Kier molecular flexibility index (Phi) is 6.92. The molecule has 0 radical (unpaired) electrons. The van der Waals surface area contributed by atoms with Gasteiger partial charge >= 0.3 is 0 Å². The molecule has 3 N–H and O–H groups in total. The highest BCUT2D eigenvalue weighted by Crippen LogP contribution is 1.92. The molecule has 18 heavy (non-hydrogen) atoms. The molecule has 1 aromatic rings. The van der Waals surface area contributed by atoms with E-state index in [1.807, 2.05) is 5.43 Å². The molecule has 0 spiro atoms. The average Bonchev–Trinajstić information content (AvgIpc) is 2.85. The molecule has 0 unspecified atom stereocenters. The maximum atomic E-state index is 11.1. The van der Waals surface area contributed by atoms with Crippen molar-refractivity contribution in [2.24, 2.45) is 5.84 Å². The molecular weight excluding hydrogens is 238 g/mol. The summed E-state index contributed by atoms with van der Waals surface area (Å²) in [5.41, 5.74) is 2.17. The number of carbonyl (C=O) groups is 1. The van der Waals surface area contributed by atoms with Gasteiger partial charge in [-0.1, -0.05) is 12.1 Å². The molecule has 0 aliphatic carbocycles. The number of hydrogen-bond acceptors (Lipinski definition) is 6. The highest BCUT2D eigenvalue weighted by atomic mass is 16.5. The number of hydrogen-bond donors (Lipinski definition) is 2. The summed E-state index contributed by atoms with van der Waals surface area (Å²) in [5, 5.41) is 7.44. The van der Waals surface area contributed by atoms with Gasteiger partial charge in [0.1, 0.15) is 0 Å². The summed E-state index contributed by atoms with van der Waals surface area (Å²) in [7, 11) is 0. The largest absolute Gasteiger partial charge is 0.379 e. The van der Waals surface area contributed by atoms with Crippen LogP contribution in [0.3, 0.4) is 0 Å². The van der Waals surface area contributed by atoms with Gasteiger partial charge in [0.15, 0.2) is 5.69 Å². The van der Waals surface area contributed by atoms with Gasteiger partial charge in [0.05, 0.1) is 32.6 Å². The fourth-order valence-corrected chi connectivity index (χ4v) is 1.21. The summed E-state index contributed by atoms with van der Waals surface area (Å²) in [6, 6.07) is 0. The van der Waals surface area contributed by atoms with Gasteiger partial charge in [-0.3, -0.25) is 10.2 Å². The number of nitrogens with zero attached hydrogens (tertiary/aromatic N) is 3. The lowest BCUT2D eigenvalue weighted by molar-refractivity contribution is 0.0441. The predicted octanol–water partition coefficient (Wildman–Crippen LogP) is -0.675. The van der Waals surface area contributed by atoms with Gasteiger partial charge in [0, 0.05) is 6.61 Å². The van der Waals surface area contributed by atoms with Crippen molar-refractivity contribution < 1.29 is 14.3 Å². The molecule has 1 amide bonds. The third-order valence-electron chi connectivity index (χ3n) is 2.09. The van der Waals surface area contributed by atoms with Crippen LogP contribution >= 0.6 is 0 Å². The van der Waals surface area contributed by atoms with Crippen molar-refractivity contribution in [1.29, 1.82) is 0 Å². The normalized spacial score (nSPS) is 10.6. The Hall–Kier alpha value is -1.51. The van der Waals surface area contributed by atoms with E-state index in [4.69, 9.17) is 15.3 Å². The first-order valence-electron chi connectivity index (χ1n) is 5.84. The molecule has 0 aliphatic heterocycles. The molecule has 1 heterocycles. The minimum atomic E-state index is -0.463. The Balaban J connectivity index is 2.12. The summed E-state index contributed by atoms with van der Waals surface area (Å²) < 4.78 is 12.1. The van der Waals surface area contributed by atoms with Crippen LogP contribution in [-0.4, -0.2) is 47.3 Å². The van der Waals surface area contributed by atoms with Crippen molar-refractivity contribution >= 4 is 5.91 Å². The van der Waals surface area contributed by atoms with Gasteiger partial charge in [0.2, 0.25) is 0 Å². The Labute approximate surface area is 105 Å². The molecule has 8 nitrogen and oxygen atoms in total. The number of nitrogen functional groups attached to an aromatic ring is 1. The summed E-state index contributed by atoms with van der Waals surface area (Å²) in [4.78, 5) is 11.1. The van der Waals surface area contributed by atoms with E-state index in [1.165, 1.54) is 10.9 Å². The van der Waals surface area contributed by atoms with E-state index in [9.17, 15) is 4.79 Å². The fraction of sp³-hybridized carbons (Fsp3) is 0.700. The first-order valence-corrected chi connectivity index (χ1v) is 5.84. The van der Waals surface area contributed by atoms with Crippen molar-refractivity contribution in [2.45, 2.75) is 19.9 Å². The minimum Gasteiger partial charge on any atom is -0.379 e. The molecule has 1 aromatic heterocycles. The second-order valence-corrected chi connectivity index (χ2v) is 3.57. The van der Waals surface area contributed by atoms with Crippen LogP contribution in [-0.2, 0) is 16.0 Å². The fourth-order valence-electron chi connectivity index (χ4n) is 1.21. The number of nitrogens with one attached hydrogen (secondary N) is 1. The number of ether oxygens (including phenoxy) is 2. The molecule has 0 saturated carbocycles. The standard InChI is InChI=1S/C10H19N5O3/c1-2-4-17-6-7-18-5-3-15-8-9(13-14-15)10(16)12-11/h8H,2-7,11H2,1H3,(H,12,16). The summed E-state index contributed by atoms with van der Waals surface area (Å²) >= 11 is 0. The molecular formula is C10H19N5O3. The maximum absolute atomic E-state index is 11.1. The second-order valence-electron chi connectivity index (χ2n) is 3.57. The van der Waals surface area contributed by atoms with Crippen LogP contribution in [0, 0.1) is 0 Å². The average molecular weight is 257 g/mol. The van der Waals surface area contributed by atoms with Crippen molar-refractivity contribution in [2.75, 3.05) is 26.4 Å². The van der Waals surface area contributed by atoms with Crippen molar-refractivity contribution in [3.8, 4) is 0 Å². The number of hydrazine groups is 1. The van der Waals surface area contributed by atoms with Crippen LogP contribution in [0.4, 0.5) is 0 Å². The summed E-state index contributed by atoms with van der Waals surface area (Å²) in [5.74, 6) is 4.51. The lowest BCUT2D eigenvalue weighted by Crippen LogP contribution is -2.30. The van der Waals surface area contributed by atoms with Crippen LogP contribution in [0.2, 0.25) is 0 Å². The quantitative estimate of drug-likeness (QED) is 0.263. The van der Waals surface area contributed by atoms with E-state index in [2.05, 4.69) is 17.2 Å². The number of nitrogens with two attached hydrogens (primary N) is 1. The molecule has 0 saturated heterocycles. The molecule has 0 fully saturated rings. The molecule has 0 aliphatic rings. The summed E-state index contributed by atoms with van der Waals surface area (Å²) in [6.45, 7) is 4.96. The van der Waals surface area contributed by atoms with Crippen LogP contribution in [0.25, 0.3) is 0 Å². The Morgan fingerprint density at radius 3 is 2.78 bits per heavy atom. The molecule has 0 bridgehead atoms. The lowest BCUT2D eigenvalue weighted by atomic mass is 10.4. The smallest absolute Gasteiger partial charge is 0.287 e. The first kappa shape index (κ1) is 14.6. The van der Waals surface area contributed by atoms with Gasteiger partial charge in [0.25, 0.3) is 5.91 Å². The zero-order valence-corrected chi connectivity index (χ0v) is 10.5. The van der Waals surface area contributed by atoms with E-state index in [0.717, 1.165) is 13.0 Å². The number of carbonyl (C=O) groups excluding carboxylic acids is 1. The lowest BCUT2D eigenvalue weighted by Gasteiger charge is -2.04. The Morgan fingerprint density at radius 1 is 1.39 bits per heavy atom. The van der Waals surface area contributed by atoms with Crippen LogP contribution in [0.15, 0.2) is 6.20 Å². The van der Waals surface area contributed by atoms with Crippen molar-refractivity contribution in [3.63, 3.8) is 0 Å². The molecule has 1 rings (SSSR count). The monoisotopic (exact) mass is 257 g/mol. The molecule has 0 aromatic carbocycles. The van der Waals surface area contributed by atoms with Gasteiger partial charge in [-0.05, 0) is 6.42 Å². The first-order chi connectivity index (χ1) is 8.77. The second kappa shape index (κ2) is 8.56. The topological polar surface area (TPSA) is 104 Å². The van der Waals surface area contributed by atoms with Crippen LogP contribution in [0.5, 0.6) is 0 Å². The zero-order chi connectivity index (χ0) is 13.2. The molecule has 8 heteroatoms. The minimum absolute atomic E-state index is 0.184. The van der Waals surface area contributed by atoms with Crippen molar-refractivity contribution in [3.05, 3.63) is 11.9 Å². The van der Waals surface area contributed by atoms with Crippen LogP contribution in [0.1, 0.15) is 23.8 Å². The van der Waals surface area contributed by atoms with Gasteiger partial charge in [-0.2, -0.15) is 0 Å². The Morgan fingerprint density at radius 2 is 2.11 bits per heavy atom. The summed E-state index contributed by atoms with van der Waals surface area (Å²) in [6.07, 6.45) is 2.52. The molecule has 0 atom stereocenters. The predicted molar refractivity (Wildman–Crippen MR) is 63.6 cm³/mol. The zero-order valence-electron chi connectivity index (χ0n) is 10.5. The van der Waals surface area contributed by atoms with E-state index in [1.54, 1.807) is 0 Å². The number of aromatic nitrogens is 3. The van der Waals surface area contributed by atoms with E-state index in [-0.39, 0.29) is 5.69 Å². The highest BCUT2D eigenvalue weighted by Gasteiger charge is 2.08. The third kappa shape index (κ3) is 5.21. The van der Waals surface area contributed by atoms with E-state index < -0.39 is 5.91 Å². The molecule has 102 valence electrons. The highest BCUT2D eigenvalue weighted by molar-refractivity contribution is 5.91. The maximum Gasteiger partial charge on any atom is 0.287 e. The Bertz CT molecular complexity index is 355. The number of amides is 1. The van der Waals surface area contributed by atoms with E-state index in [0.29, 0.717) is 26.4 Å². The van der Waals surface area contributed by atoms with Gasteiger partial charge in [-0.25, -0.2) is 10.5 Å². The van der Waals surface area contributed by atoms with Gasteiger partial charge < -0.3 is 9.47 Å². The van der Waals surface area contributed by atoms with Gasteiger partial charge in [-0.15, -0.1) is 5.10 Å². The third-order valence-corrected chi connectivity index (χ3v) is 2.09. The SMILES string of the molecule is CCCOCCOCCn1cc(C(=O)NN)nn1. The number of rotatable bonds is 9. The van der Waals surface area contributed by atoms with Crippen LogP contribution < -0.4 is 11.3 Å².